The number of carboxylic acids is 1. The highest BCUT2D eigenvalue weighted by atomic mass is 16.4. The van der Waals surface area contributed by atoms with Gasteiger partial charge in [-0.1, -0.05) is 26.0 Å². The lowest BCUT2D eigenvalue weighted by atomic mass is 10.0. The average Bonchev–Trinajstić information content (AvgIpc) is 3.43. The number of hydrogen-bond donors (Lipinski definition) is 9. The maximum atomic E-state index is 13.4. The van der Waals surface area contributed by atoms with Crippen LogP contribution in [-0.2, 0) is 32.0 Å². The van der Waals surface area contributed by atoms with Gasteiger partial charge in [0.2, 0.25) is 17.7 Å². The van der Waals surface area contributed by atoms with Gasteiger partial charge in [0.1, 0.15) is 23.9 Å². The van der Waals surface area contributed by atoms with Gasteiger partial charge in [-0.05, 0) is 42.9 Å². The van der Waals surface area contributed by atoms with Gasteiger partial charge in [-0.2, -0.15) is 0 Å². The Hall–Kier alpha value is -4.66. The number of carbonyl (C=O) groups is 4. The van der Waals surface area contributed by atoms with Crippen molar-refractivity contribution in [2.45, 2.75) is 70.1 Å². The van der Waals surface area contributed by atoms with E-state index < -0.39 is 47.9 Å². The largest absolute Gasteiger partial charge is 0.508 e. The molecule has 0 saturated heterocycles. The fourth-order valence-corrected chi connectivity index (χ4v) is 4.09. The SMILES string of the molecule is CC(C)CC(NC(=O)C(N)Cc1cnc[nH]1)C(=O)NC(CCCN=C(N)N)C(=O)NC(Cc1ccc(O)cc1)C(=O)O. The zero-order chi connectivity index (χ0) is 31.2. The Bertz CT molecular complexity index is 1200. The summed E-state index contributed by atoms with van der Waals surface area (Å²) in [6.07, 6.45) is 3.76. The molecule has 0 aliphatic carbocycles. The Morgan fingerprint density at radius 1 is 0.952 bits per heavy atom. The van der Waals surface area contributed by atoms with Gasteiger partial charge < -0.3 is 48.3 Å². The number of aromatic amines is 1. The number of H-pyrrole nitrogens is 1. The molecule has 1 aromatic heterocycles. The van der Waals surface area contributed by atoms with Gasteiger partial charge in [-0.3, -0.25) is 19.4 Å². The first-order chi connectivity index (χ1) is 19.8. The Labute approximate surface area is 243 Å². The number of carboxylic acid groups (broad SMARTS) is 1. The van der Waals surface area contributed by atoms with Crippen LogP contribution in [0.4, 0.5) is 0 Å². The summed E-state index contributed by atoms with van der Waals surface area (Å²) in [4.78, 5) is 62.1. The van der Waals surface area contributed by atoms with Crippen LogP contribution in [0, 0.1) is 5.92 Å². The van der Waals surface area contributed by atoms with Gasteiger partial charge in [0.25, 0.3) is 0 Å². The fourth-order valence-electron chi connectivity index (χ4n) is 4.09. The molecule has 12 N–H and O–H groups in total. The summed E-state index contributed by atoms with van der Waals surface area (Å²) in [6, 6.07) is 1.47. The number of guanidine groups is 1. The molecule has 1 aromatic carbocycles. The number of aliphatic imine (C=N–C) groups is 1. The van der Waals surface area contributed by atoms with E-state index in [-0.39, 0.29) is 49.9 Å². The van der Waals surface area contributed by atoms with Crippen molar-refractivity contribution < 1.29 is 29.4 Å². The first kappa shape index (κ1) is 33.5. The lowest BCUT2D eigenvalue weighted by molar-refractivity contribution is -0.142. The van der Waals surface area contributed by atoms with E-state index in [0.717, 1.165) is 0 Å². The van der Waals surface area contributed by atoms with Gasteiger partial charge in [-0.15, -0.1) is 0 Å². The molecule has 230 valence electrons. The quantitative estimate of drug-likeness (QED) is 0.0610. The number of carbonyl (C=O) groups excluding carboxylic acids is 3. The van der Waals surface area contributed by atoms with Crippen LogP contribution in [0.3, 0.4) is 0 Å². The first-order valence-corrected chi connectivity index (χ1v) is 13.6. The van der Waals surface area contributed by atoms with Crippen molar-refractivity contribution in [3.63, 3.8) is 0 Å². The number of hydrogen-bond acceptors (Lipinski definition) is 8. The third kappa shape index (κ3) is 11.8. The van der Waals surface area contributed by atoms with Crippen LogP contribution in [0.25, 0.3) is 0 Å². The molecule has 2 aromatic rings. The summed E-state index contributed by atoms with van der Waals surface area (Å²) in [5.41, 5.74) is 18.0. The molecular weight excluding hydrogens is 546 g/mol. The third-order valence-electron chi connectivity index (χ3n) is 6.24. The van der Waals surface area contributed by atoms with E-state index in [1.165, 1.54) is 18.5 Å². The topological polar surface area (TPSA) is 264 Å². The minimum absolute atomic E-state index is 0.000671. The smallest absolute Gasteiger partial charge is 0.326 e. The number of amides is 3. The van der Waals surface area contributed by atoms with Crippen molar-refractivity contribution in [3.05, 3.63) is 48.0 Å². The van der Waals surface area contributed by atoms with Crippen LogP contribution < -0.4 is 33.2 Å². The molecule has 0 spiro atoms. The van der Waals surface area contributed by atoms with E-state index in [9.17, 15) is 29.4 Å². The Balaban J connectivity index is 2.17. The van der Waals surface area contributed by atoms with Gasteiger partial charge in [0, 0.05) is 31.3 Å². The monoisotopic (exact) mass is 587 g/mol. The molecule has 15 nitrogen and oxygen atoms in total. The van der Waals surface area contributed by atoms with Crippen LogP contribution in [0.15, 0.2) is 41.8 Å². The van der Waals surface area contributed by atoms with Crippen molar-refractivity contribution in [2.75, 3.05) is 6.54 Å². The number of nitrogens with zero attached hydrogens (tertiary/aromatic N) is 2. The van der Waals surface area contributed by atoms with Crippen molar-refractivity contribution >= 4 is 29.7 Å². The van der Waals surface area contributed by atoms with E-state index in [1.54, 1.807) is 18.3 Å². The second-order valence-electron chi connectivity index (χ2n) is 10.4. The zero-order valence-corrected chi connectivity index (χ0v) is 23.7. The maximum Gasteiger partial charge on any atom is 0.326 e. The van der Waals surface area contributed by atoms with E-state index in [0.29, 0.717) is 17.7 Å². The summed E-state index contributed by atoms with van der Waals surface area (Å²) < 4.78 is 0. The van der Waals surface area contributed by atoms with Crippen molar-refractivity contribution in [1.82, 2.24) is 25.9 Å². The predicted octanol–water partition coefficient (Wildman–Crippen LogP) is -1.13. The van der Waals surface area contributed by atoms with Gasteiger partial charge in [-0.25, -0.2) is 9.78 Å². The lowest BCUT2D eigenvalue weighted by Crippen LogP contribution is -2.57. The van der Waals surface area contributed by atoms with Crippen LogP contribution in [0.5, 0.6) is 5.75 Å². The molecule has 0 aliphatic heterocycles. The molecule has 4 unspecified atom stereocenters. The summed E-state index contributed by atoms with van der Waals surface area (Å²) >= 11 is 0. The molecule has 0 saturated carbocycles. The summed E-state index contributed by atoms with van der Waals surface area (Å²) in [5, 5.41) is 27.0. The molecule has 0 aliphatic rings. The molecule has 4 atom stereocenters. The Kier molecular flexibility index (Phi) is 13.2. The number of imidazole rings is 1. The second-order valence-corrected chi connectivity index (χ2v) is 10.4. The summed E-state index contributed by atoms with van der Waals surface area (Å²) in [7, 11) is 0. The molecule has 3 amide bonds. The predicted molar refractivity (Wildman–Crippen MR) is 155 cm³/mol. The number of aliphatic carboxylic acids is 1. The average molecular weight is 588 g/mol. The van der Waals surface area contributed by atoms with Crippen molar-refractivity contribution in [1.29, 1.82) is 0 Å². The highest BCUT2D eigenvalue weighted by Gasteiger charge is 2.30. The van der Waals surface area contributed by atoms with Crippen LogP contribution in [0.1, 0.15) is 44.4 Å². The highest BCUT2D eigenvalue weighted by molar-refractivity contribution is 5.94. The fraction of sp³-hybridized carbons (Fsp3) is 0.481. The zero-order valence-electron chi connectivity index (χ0n) is 23.7. The molecule has 0 radical (unpaired) electrons. The minimum atomic E-state index is -1.31. The number of aromatic hydroxyl groups is 1. The first-order valence-electron chi connectivity index (χ1n) is 13.6. The second kappa shape index (κ2) is 16.6. The van der Waals surface area contributed by atoms with Crippen LogP contribution >= 0.6 is 0 Å². The maximum absolute atomic E-state index is 13.4. The standard InChI is InChI=1S/C27H41N9O6/c1-15(2)10-21(35-23(38)19(28)12-17-13-31-14-33-17)25(40)34-20(4-3-9-32-27(29)30)24(39)36-22(26(41)42)11-16-5-7-18(37)8-6-16/h5-8,13-15,19-22,37H,3-4,9-12,28H2,1-2H3,(H,31,33)(H,34,40)(H,35,38)(H,36,39)(H,41,42)(H4,29,30,32). The molecule has 0 bridgehead atoms. The summed E-state index contributed by atoms with van der Waals surface area (Å²) in [5.74, 6) is -3.31. The minimum Gasteiger partial charge on any atom is -0.508 e. The molecule has 42 heavy (non-hydrogen) atoms. The van der Waals surface area contributed by atoms with E-state index in [2.05, 4.69) is 30.9 Å². The molecule has 15 heteroatoms. The summed E-state index contributed by atoms with van der Waals surface area (Å²) in [6.45, 7) is 3.92. The Morgan fingerprint density at radius 2 is 1.57 bits per heavy atom. The number of nitrogens with one attached hydrogen (secondary N) is 4. The van der Waals surface area contributed by atoms with Gasteiger partial charge >= 0.3 is 5.97 Å². The third-order valence-corrected chi connectivity index (χ3v) is 6.24. The van der Waals surface area contributed by atoms with Crippen LogP contribution in [-0.4, -0.2) is 80.5 Å². The van der Waals surface area contributed by atoms with Gasteiger partial charge in [0.15, 0.2) is 5.96 Å². The Morgan fingerprint density at radius 3 is 2.14 bits per heavy atom. The number of rotatable bonds is 17. The molecule has 1 heterocycles. The number of nitrogens with two attached hydrogens (primary N) is 3. The van der Waals surface area contributed by atoms with E-state index in [1.807, 2.05) is 13.8 Å². The molecule has 0 fully saturated rings. The number of benzene rings is 1. The van der Waals surface area contributed by atoms with E-state index >= 15 is 0 Å². The molecule has 2 rings (SSSR count). The van der Waals surface area contributed by atoms with Gasteiger partial charge in [0.05, 0.1) is 12.4 Å². The molecular formula is C27H41N9O6. The van der Waals surface area contributed by atoms with E-state index in [4.69, 9.17) is 17.2 Å². The van der Waals surface area contributed by atoms with Crippen molar-refractivity contribution in [3.8, 4) is 5.75 Å². The number of phenolic OH excluding ortho intramolecular Hbond substituents is 1. The van der Waals surface area contributed by atoms with Crippen molar-refractivity contribution in [2.24, 2.45) is 28.1 Å². The highest BCUT2D eigenvalue weighted by Crippen LogP contribution is 2.12. The van der Waals surface area contributed by atoms with Crippen LogP contribution in [0.2, 0.25) is 0 Å². The number of aromatic nitrogens is 2. The lowest BCUT2D eigenvalue weighted by Gasteiger charge is -2.26. The number of phenols is 1. The normalized spacial score (nSPS) is 13.8.